The lowest BCUT2D eigenvalue weighted by atomic mass is 9.77. The molecule has 3 heterocycles. The van der Waals surface area contributed by atoms with E-state index in [2.05, 4.69) is 19.8 Å². The van der Waals surface area contributed by atoms with Crippen LogP contribution in [0.15, 0.2) is 6.20 Å². The summed E-state index contributed by atoms with van der Waals surface area (Å²) in [5.41, 5.74) is 1.73. The molecule has 0 aromatic carbocycles. The summed E-state index contributed by atoms with van der Waals surface area (Å²) in [5, 5.41) is 0. The average Bonchev–Trinajstić information content (AvgIpc) is 2.94. The summed E-state index contributed by atoms with van der Waals surface area (Å²) in [4.78, 5) is 26.8. The maximum atomic E-state index is 13.2. The van der Waals surface area contributed by atoms with Crippen LogP contribution in [0.25, 0.3) is 0 Å². The lowest BCUT2D eigenvalue weighted by molar-refractivity contribution is -0.146. The number of carbonyl (C=O) groups excluding carboxylic acids is 1. The van der Waals surface area contributed by atoms with E-state index < -0.39 is 0 Å². The molecule has 4 rings (SSSR count). The third-order valence-corrected chi connectivity index (χ3v) is 6.23. The number of hydrogen-bond donors (Lipinski definition) is 0. The minimum atomic E-state index is -0.181. The van der Waals surface area contributed by atoms with Crippen LogP contribution in [0.1, 0.15) is 49.9 Å². The van der Waals surface area contributed by atoms with Crippen molar-refractivity contribution in [3.8, 4) is 0 Å². The van der Waals surface area contributed by atoms with Gasteiger partial charge in [0, 0.05) is 32.4 Å². The molecule has 1 aliphatic carbocycles. The van der Waals surface area contributed by atoms with Crippen molar-refractivity contribution in [2.24, 2.45) is 11.3 Å². The highest BCUT2D eigenvalue weighted by atomic mass is 16.2. The molecule has 5 heteroatoms. The van der Waals surface area contributed by atoms with Crippen LogP contribution in [-0.2, 0) is 4.79 Å². The maximum absolute atomic E-state index is 13.2. The summed E-state index contributed by atoms with van der Waals surface area (Å²) in [6.45, 7) is 7.67. The third kappa shape index (κ3) is 2.68. The van der Waals surface area contributed by atoms with Gasteiger partial charge in [0.15, 0.2) is 0 Å². The number of likely N-dealkylation sites (tertiary alicyclic amines) is 1. The van der Waals surface area contributed by atoms with Crippen LogP contribution in [0.4, 0.5) is 5.82 Å². The molecule has 1 atom stereocenters. The summed E-state index contributed by atoms with van der Waals surface area (Å²) in [7, 11) is 0. The standard InChI is InChI=1S/C19H28N4O/c1-14-11-20-15(2)17(21-14)23-10-8-19(13-23)7-4-9-22(18(19)24)12-16-5-3-6-16/h11,16H,3-10,12-13H2,1-2H3/t19-/m0/s1. The molecule has 3 fully saturated rings. The highest BCUT2D eigenvalue weighted by molar-refractivity contribution is 5.85. The Hall–Kier alpha value is -1.65. The van der Waals surface area contributed by atoms with E-state index in [1.54, 1.807) is 0 Å². The molecule has 130 valence electrons. The van der Waals surface area contributed by atoms with E-state index >= 15 is 0 Å². The van der Waals surface area contributed by atoms with E-state index in [9.17, 15) is 4.79 Å². The number of nitrogens with zero attached hydrogens (tertiary/aromatic N) is 4. The van der Waals surface area contributed by atoms with Gasteiger partial charge in [-0.2, -0.15) is 0 Å². The first-order valence-electron chi connectivity index (χ1n) is 9.42. The summed E-state index contributed by atoms with van der Waals surface area (Å²) in [5.74, 6) is 2.13. The van der Waals surface area contributed by atoms with Crippen LogP contribution < -0.4 is 4.90 Å². The van der Waals surface area contributed by atoms with Crippen LogP contribution >= 0.6 is 0 Å². The Bertz CT molecular complexity index is 642. The Labute approximate surface area is 144 Å². The number of piperidine rings is 1. The van der Waals surface area contributed by atoms with Crippen LogP contribution in [0.2, 0.25) is 0 Å². The van der Waals surface area contributed by atoms with Gasteiger partial charge in [-0.25, -0.2) is 4.98 Å². The lowest BCUT2D eigenvalue weighted by Gasteiger charge is -2.42. The first-order valence-corrected chi connectivity index (χ1v) is 9.42. The van der Waals surface area contributed by atoms with Gasteiger partial charge in [0.25, 0.3) is 0 Å². The average molecular weight is 328 g/mol. The zero-order valence-electron chi connectivity index (χ0n) is 14.9. The van der Waals surface area contributed by atoms with Gasteiger partial charge in [0.05, 0.1) is 16.8 Å². The number of carbonyl (C=O) groups is 1. The van der Waals surface area contributed by atoms with Gasteiger partial charge in [0.2, 0.25) is 5.91 Å². The van der Waals surface area contributed by atoms with Gasteiger partial charge in [-0.15, -0.1) is 0 Å². The van der Waals surface area contributed by atoms with E-state index in [1.807, 2.05) is 20.0 Å². The van der Waals surface area contributed by atoms with Gasteiger partial charge < -0.3 is 9.80 Å². The SMILES string of the molecule is Cc1cnc(C)c(N2CC[C@@]3(CCCN(CC4CCC4)C3=O)C2)n1. The molecule has 0 radical (unpaired) electrons. The number of hydrogen-bond acceptors (Lipinski definition) is 4. The predicted octanol–water partition coefficient (Wildman–Crippen LogP) is 2.71. The van der Waals surface area contributed by atoms with Crippen molar-refractivity contribution < 1.29 is 4.79 Å². The Morgan fingerprint density at radius 1 is 1.21 bits per heavy atom. The van der Waals surface area contributed by atoms with Gasteiger partial charge in [-0.05, 0) is 51.9 Å². The van der Waals surface area contributed by atoms with Crippen LogP contribution in [0.3, 0.4) is 0 Å². The van der Waals surface area contributed by atoms with E-state index in [1.165, 1.54) is 19.3 Å². The Balaban J connectivity index is 1.51. The molecule has 24 heavy (non-hydrogen) atoms. The zero-order chi connectivity index (χ0) is 16.7. The highest BCUT2D eigenvalue weighted by Crippen LogP contribution is 2.42. The molecule has 0 N–H and O–H groups in total. The number of aromatic nitrogens is 2. The lowest BCUT2D eigenvalue weighted by Crippen LogP contribution is -2.51. The molecule has 2 aliphatic heterocycles. The minimum Gasteiger partial charge on any atom is -0.354 e. The normalized spacial score (nSPS) is 27.8. The monoisotopic (exact) mass is 328 g/mol. The Morgan fingerprint density at radius 2 is 2.04 bits per heavy atom. The van der Waals surface area contributed by atoms with Crippen molar-refractivity contribution in [1.82, 2.24) is 14.9 Å². The van der Waals surface area contributed by atoms with E-state index in [-0.39, 0.29) is 5.41 Å². The summed E-state index contributed by atoms with van der Waals surface area (Å²) >= 11 is 0. The molecule has 1 aromatic heterocycles. The summed E-state index contributed by atoms with van der Waals surface area (Å²) < 4.78 is 0. The molecule has 2 saturated heterocycles. The highest BCUT2D eigenvalue weighted by Gasteiger charge is 2.49. The minimum absolute atomic E-state index is 0.181. The molecule has 3 aliphatic rings. The number of anilines is 1. The molecule has 5 nitrogen and oxygen atoms in total. The number of amides is 1. The van der Waals surface area contributed by atoms with Crippen molar-refractivity contribution in [3.63, 3.8) is 0 Å². The second kappa shape index (κ2) is 6.01. The molecule has 0 bridgehead atoms. The number of aryl methyl sites for hydroxylation is 2. The van der Waals surface area contributed by atoms with Crippen LogP contribution in [-0.4, -0.2) is 47.0 Å². The topological polar surface area (TPSA) is 49.3 Å². The fourth-order valence-electron chi connectivity index (χ4n) is 4.57. The van der Waals surface area contributed by atoms with Crippen LogP contribution in [0, 0.1) is 25.2 Å². The Morgan fingerprint density at radius 3 is 2.79 bits per heavy atom. The molecule has 1 saturated carbocycles. The number of rotatable bonds is 3. The van der Waals surface area contributed by atoms with Crippen molar-refractivity contribution in [2.45, 2.75) is 52.4 Å². The fourth-order valence-corrected chi connectivity index (χ4v) is 4.57. The molecule has 1 spiro atoms. The first-order chi connectivity index (χ1) is 11.6. The quantitative estimate of drug-likeness (QED) is 0.856. The van der Waals surface area contributed by atoms with Crippen molar-refractivity contribution >= 4 is 11.7 Å². The second-order valence-corrected chi connectivity index (χ2v) is 8.02. The molecule has 0 unspecified atom stereocenters. The van der Waals surface area contributed by atoms with Crippen molar-refractivity contribution in [2.75, 3.05) is 31.1 Å². The maximum Gasteiger partial charge on any atom is 0.230 e. The summed E-state index contributed by atoms with van der Waals surface area (Å²) in [6, 6.07) is 0. The molecule has 1 amide bonds. The molecule has 1 aromatic rings. The van der Waals surface area contributed by atoms with Gasteiger partial charge in [-0.3, -0.25) is 9.78 Å². The first kappa shape index (κ1) is 15.9. The predicted molar refractivity (Wildman–Crippen MR) is 93.9 cm³/mol. The second-order valence-electron chi connectivity index (χ2n) is 8.02. The molecular weight excluding hydrogens is 300 g/mol. The van der Waals surface area contributed by atoms with Crippen molar-refractivity contribution in [1.29, 1.82) is 0 Å². The third-order valence-electron chi connectivity index (χ3n) is 6.23. The smallest absolute Gasteiger partial charge is 0.230 e. The summed E-state index contributed by atoms with van der Waals surface area (Å²) in [6.07, 6.45) is 8.91. The zero-order valence-corrected chi connectivity index (χ0v) is 14.9. The van der Waals surface area contributed by atoms with E-state index in [0.717, 1.165) is 68.6 Å². The fraction of sp³-hybridized carbons (Fsp3) is 0.737. The van der Waals surface area contributed by atoms with E-state index in [0.29, 0.717) is 5.91 Å². The van der Waals surface area contributed by atoms with Crippen molar-refractivity contribution in [3.05, 3.63) is 17.6 Å². The van der Waals surface area contributed by atoms with Crippen LogP contribution in [0.5, 0.6) is 0 Å². The van der Waals surface area contributed by atoms with Gasteiger partial charge in [-0.1, -0.05) is 6.42 Å². The van der Waals surface area contributed by atoms with Gasteiger partial charge >= 0.3 is 0 Å². The Kier molecular flexibility index (Phi) is 3.97. The largest absolute Gasteiger partial charge is 0.354 e. The van der Waals surface area contributed by atoms with Gasteiger partial charge in [0.1, 0.15) is 5.82 Å². The van der Waals surface area contributed by atoms with E-state index in [4.69, 9.17) is 0 Å². The molecular formula is C19H28N4O.